The van der Waals surface area contributed by atoms with Crippen LogP contribution < -0.4 is 10.6 Å². The number of piperidine rings is 2. The molecule has 3 aliphatic rings. The zero-order chi connectivity index (χ0) is 18.6. The molecule has 0 radical (unpaired) electrons. The average Bonchev–Trinajstić information content (AvgIpc) is 2.81. The van der Waals surface area contributed by atoms with E-state index >= 15 is 0 Å². The molecule has 3 heterocycles. The molecule has 3 aliphatic heterocycles. The van der Waals surface area contributed by atoms with Crippen molar-refractivity contribution in [1.82, 2.24) is 20.6 Å². The van der Waals surface area contributed by atoms with Crippen LogP contribution in [0.3, 0.4) is 0 Å². The Morgan fingerprint density at radius 3 is 2.48 bits per heavy atom. The van der Waals surface area contributed by atoms with Crippen molar-refractivity contribution in [1.29, 1.82) is 0 Å². The standard InChI is InChI=1S/C12H20N4O6S.C2H6/c17-11(14-8-3-5-13-6-4-8)10-2-1-9-7-15(10)12(18)16(9)22-23(19,20)21;1-2/h8-10,13H,1-7H2,(H,14,17)(H,19,20,21);1-2H3/t9-,10+;/m1./s1. The molecule has 3 amide bonds. The van der Waals surface area contributed by atoms with Crippen molar-refractivity contribution in [3.8, 4) is 0 Å². The molecule has 0 saturated carbocycles. The van der Waals surface area contributed by atoms with Crippen LogP contribution in [0, 0.1) is 0 Å². The summed E-state index contributed by atoms with van der Waals surface area (Å²) < 4.78 is 34.8. The maximum absolute atomic E-state index is 12.4. The zero-order valence-corrected chi connectivity index (χ0v) is 15.3. The van der Waals surface area contributed by atoms with E-state index in [4.69, 9.17) is 4.55 Å². The maximum Gasteiger partial charge on any atom is 0.418 e. The molecule has 2 bridgehead atoms. The van der Waals surface area contributed by atoms with E-state index in [9.17, 15) is 18.0 Å². The Morgan fingerprint density at radius 2 is 1.88 bits per heavy atom. The molecule has 144 valence electrons. The molecule has 3 fully saturated rings. The normalized spacial score (nSPS) is 26.9. The Kier molecular flexibility index (Phi) is 6.60. The van der Waals surface area contributed by atoms with E-state index in [1.54, 1.807) is 0 Å². The largest absolute Gasteiger partial charge is 0.418 e. The van der Waals surface area contributed by atoms with Crippen LogP contribution in [0.25, 0.3) is 0 Å². The van der Waals surface area contributed by atoms with Gasteiger partial charge in [-0.25, -0.2) is 4.79 Å². The van der Waals surface area contributed by atoms with Crippen LogP contribution in [0.5, 0.6) is 0 Å². The van der Waals surface area contributed by atoms with Gasteiger partial charge in [0.15, 0.2) is 0 Å². The highest BCUT2D eigenvalue weighted by Crippen LogP contribution is 2.30. The van der Waals surface area contributed by atoms with Crippen molar-refractivity contribution in [3.05, 3.63) is 0 Å². The van der Waals surface area contributed by atoms with Gasteiger partial charge in [-0.15, -0.1) is 4.28 Å². The summed E-state index contributed by atoms with van der Waals surface area (Å²) in [6, 6.07) is -1.74. The third kappa shape index (κ3) is 4.81. The van der Waals surface area contributed by atoms with Crippen molar-refractivity contribution < 1.29 is 26.8 Å². The number of nitrogens with one attached hydrogen (secondary N) is 2. The van der Waals surface area contributed by atoms with Gasteiger partial charge < -0.3 is 15.5 Å². The van der Waals surface area contributed by atoms with Gasteiger partial charge in [0.1, 0.15) is 6.04 Å². The smallest absolute Gasteiger partial charge is 0.351 e. The summed E-state index contributed by atoms with van der Waals surface area (Å²) in [5.41, 5.74) is 0. The first-order valence-electron chi connectivity index (χ1n) is 8.63. The number of fused-ring (bicyclic) bond motifs is 2. The van der Waals surface area contributed by atoms with Gasteiger partial charge in [-0.2, -0.15) is 13.5 Å². The summed E-state index contributed by atoms with van der Waals surface area (Å²) in [5, 5.41) is 6.81. The fourth-order valence-corrected chi connectivity index (χ4v) is 3.76. The Labute approximate surface area is 147 Å². The van der Waals surface area contributed by atoms with Gasteiger partial charge in [-0.3, -0.25) is 9.35 Å². The number of hydrogen-bond acceptors (Lipinski definition) is 6. The molecule has 2 atom stereocenters. The van der Waals surface area contributed by atoms with Crippen molar-refractivity contribution >= 4 is 22.3 Å². The van der Waals surface area contributed by atoms with Crippen LogP contribution in [0.4, 0.5) is 4.79 Å². The molecule has 0 aromatic rings. The van der Waals surface area contributed by atoms with E-state index in [1.807, 2.05) is 13.8 Å². The van der Waals surface area contributed by atoms with Crippen LogP contribution in [0.15, 0.2) is 0 Å². The van der Waals surface area contributed by atoms with Gasteiger partial charge in [-0.1, -0.05) is 13.8 Å². The minimum absolute atomic E-state index is 0.0874. The summed E-state index contributed by atoms with van der Waals surface area (Å²) in [6.45, 7) is 5.89. The van der Waals surface area contributed by atoms with E-state index in [0.29, 0.717) is 17.9 Å². The second-order valence-corrected chi connectivity index (χ2v) is 7.05. The first kappa shape index (κ1) is 19.9. The van der Waals surface area contributed by atoms with Crippen molar-refractivity contribution in [2.75, 3.05) is 19.6 Å². The number of hydrogen-bond donors (Lipinski definition) is 3. The van der Waals surface area contributed by atoms with Crippen LogP contribution in [0.1, 0.15) is 39.5 Å². The Hall–Kier alpha value is -1.43. The number of rotatable bonds is 4. The lowest BCUT2D eigenvalue weighted by molar-refractivity contribution is -0.127. The monoisotopic (exact) mass is 378 g/mol. The van der Waals surface area contributed by atoms with Gasteiger partial charge >= 0.3 is 16.4 Å². The molecule has 3 saturated heterocycles. The summed E-state index contributed by atoms with van der Waals surface area (Å²) in [7, 11) is -4.77. The van der Waals surface area contributed by atoms with Crippen molar-refractivity contribution in [2.45, 2.75) is 57.7 Å². The number of amides is 3. The molecular formula is C14H26N4O6S. The highest BCUT2D eigenvalue weighted by atomic mass is 32.3. The van der Waals surface area contributed by atoms with E-state index in [2.05, 4.69) is 14.9 Å². The number of hydroxylamine groups is 2. The second-order valence-electron chi connectivity index (χ2n) is 6.04. The third-order valence-electron chi connectivity index (χ3n) is 4.49. The Bertz CT molecular complexity index is 592. The number of carbonyl (C=O) groups excluding carboxylic acids is 2. The lowest BCUT2D eigenvalue weighted by Crippen LogP contribution is -2.53. The van der Waals surface area contributed by atoms with Crippen LogP contribution in [0.2, 0.25) is 0 Å². The fraction of sp³-hybridized carbons (Fsp3) is 0.857. The minimum atomic E-state index is -4.77. The lowest BCUT2D eigenvalue weighted by Gasteiger charge is -2.32. The molecule has 11 heteroatoms. The van der Waals surface area contributed by atoms with E-state index in [0.717, 1.165) is 25.9 Å². The third-order valence-corrected chi connectivity index (χ3v) is 4.83. The molecule has 0 aliphatic carbocycles. The predicted octanol–water partition coefficient (Wildman–Crippen LogP) is -0.116. The van der Waals surface area contributed by atoms with Crippen molar-refractivity contribution in [3.63, 3.8) is 0 Å². The topological polar surface area (TPSA) is 128 Å². The lowest BCUT2D eigenvalue weighted by atomic mass is 9.99. The maximum atomic E-state index is 12.4. The first-order valence-corrected chi connectivity index (χ1v) is 9.99. The Morgan fingerprint density at radius 1 is 1.24 bits per heavy atom. The summed E-state index contributed by atoms with van der Waals surface area (Å²) in [5.74, 6) is -0.225. The highest BCUT2D eigenvalue weighted by molar-refractivity contribution is 7.80. The highest BCUT2D eigenvalue weighted by Gasteiger charge is 2.49. The van der Waals surface area contributed by atoms with Gasteiger partial charge in [0.2, 0.25) is 5.91 Å². The average molecular weight is 378 g/mol. The fourth-order valence-electron chi connectivity index (χ4n) is 3.37. The number of urea groups is 1. The number of nitrogens with zero attached hydrogens (tertiary/aromatic N) is 2. The van der Waals surface area contributed by atoms with E-state index < -0.39 is 28.5 Å². The van der Waals surface area contributed by atoms with Gasteiger partial charge in [0.25, 0.3) is 0 Å². The molecule has 25 heavy (non-hydrogen) atoms. The summed E-state index contributed by atoms with van der Waals surface area (Å²) in [4.78, 5) is 26.0. The SMILES string of the molecule is CC.O=C(NC1CCNCC1)[C@@H]1CC[C@@H]2CN1C(=O)N2OS(=O)(=O)O. The predicted molar refractivity (Wildman–Crippen MR) is 88.8 cm³/mol. The minimum Gasteiger partial charge on any atom is -0.351 e. The van der Waals surface area contributed by atoms with Crippen LogP contribution >= 0.6 is 0 Å². The molecule has 10 nitrogen and oxygen atoms in total. The van der Waals surface area contributed by atoms with Crippen molar-refractivity contribution in [2.24, 2.45) is 0 Å². The second kappa shape index (κ2) is 8.30. The van der Waals surface area contributed by atoms with E-state index in [-0.39, 0.29) is 18.5 Å². The van der Waals surface area contributed by atoms with E-state index in [1.165, 1.54) is 4.90 Å². The molecule has 0 spiro atoms. The Balaban J connectivity index is 0.00000109. The quantitative estimate of drug-likeness (QED) is 0.582. The summed E-state index contributed by atoms with van der Waals surface area (Å²) in [6.07, 6.45) is 2.54. The van der Waals surface area contributed by atoms with Gasteiger partial charge in [0.05, 0.1) is 6.04 Å². The molecular weight excluding hydrogens is 352 g/mol. The molecule has 0 unspecified atom stereocenters. The van der Waals surface area contributed by atoms with Gasteiger partial charge in [0, 0.05) is 12.6 Å². The first-order chi connectivity index (χ1) is 11.8. The number of carbonyl (C=O) groups is 2. The molecule has 0 aromatic carbocycles. The molecule has 3 N–H and O–H groups in total. The molecule has 3 rings (SSSR count). The molecule has 0 aromatic heterocycles. The van der Waals surface area contributed by atoms with Gasteiger partial charge in [-0.05, 0) is 38.8 Å². The van der Waals surface area contributed by atoms with Crippen LogP contribution in [-0.4, -0.2) is 72.6 Å². The zero-order valence-electron chi connectivity index (χ0n) is 14.5. The summed E-state index contributed by atoms with van der Waals surface area (Å²) >= 11 is 0. The van der Waals surface area contributed by atoms with Crippen LogP contribution in [-0.2, 0) is 19.5 Å².